The van der Waals surface area contributed by atoms with Gasteiger partial charge in [0.25, 0.3) is 0 Å². The van der Waals surface area contributed by atoms with Crippen LogP contribution in [0.2, 0.25) is 0 Å². The summed E-state index contributed by atoms with van der Waals surface area (Å²) in [6.07, 6.45) is 1.17. The molecule has 1 aliphatic rings. The van der Waals surface area contributed by atoms with Crippen LogP contribution in [-0.2, 0) is 9.47 Å². The van der Waals surface area contributed by atoms with Crippen LogP contribution in [0.5, 0.6) is 0 Å². The summed E-state index contributed by atoms with van der Waals surface area (Å²) < 4.78 is 11.3. The van der Waals surface area contributed by atoms with Gasteiger partial charge in [0.05, 0.1) is 39.1 Å². The van der Waals surface area contributed by atoms with Crippen molar-refractivity contribution in [1.29, 1.82) is 0 Å². The van der Waals surface area contributed by atoms with E-state index in [-0.39, 0.29) is 37.4 Å². The second kappa shape index (κ2) is 11.3. The van der Waals surface area contributed by atoms with Crippen LogP contribution in [0.25, 0.3) is 0 Å². The number of nitrogens with zero attached hydrogens (tertiary/aromatic N) is 1. The Morgan fingerprint density at radius 2 is 1.87 bits per heavy atom. The van der Waals surface area contributed by atoms with Gasteiger partial charge >= 0.3 is 0 Å². The van der Waals surface area contributed by atoms with Crippen molar-refractivity contribution in [1.82, 2.24) is 0 Å². The smallest absolute Gasteiger partial charge is 0.0773 e. The first-order valence-electron chi connectivity index (χ1n) is 11.0. The second-order valence-corrected chi connectivity index (χ2v) is 9.04. The minimum Gasteiger partial charge on any atom is -0.398 e. The van der Waals surface area contributed by atoms with Crippen molar-refractivity contribution in [3.8, 4) is 0 Å². The van der Waals surface area contributed by atoms with E-state index in [0.29, 0.717) is 38.7 Å². The van der Waals surface area contributed by atoms with Crippen LogP contribution in [0.15, 0.2) is 12.1 Å². The molecule has 0 spiro atoms. The van der Waals surface area contributed by atoms with Gasteiger partial charge in [-0.2, -0.15) is 0 Å². The Balaban J connectivity index is 2.31. The highest BCUT2D eigenvalue weighted by atomic mass is 16.5. The Morgan fingerprint density at radius 1 is 1.13 bits per heavy atom. The molecule has 0 aromatic heterocycles. The molecule has 2 atom stereocenters. The first kappa shape index (κ1) is 24.9. The maximum atomic E-state index is 10.0. The summed E-state index contributed by atoms with van der Waals surface area (Å²) in [5, 5.41) is 28.4. The molecule has 2 unspecified atom stereocenters. The number of ether oxygens (including phenoxy) is 2. The van der Waals surface area contributed by atoms with Gasteiger partial charge in [0.2, 0.25) is 0 Å². The Morgan fingerprint density at radius 3 is 2.47 bits per heavy atom. The van der Waals surface area contributed by atoms with Gasteiger partial charge in [0.15, 0.2) is 0 Å². The Kier molecular flexibility index (Phi) is 9.37. The summed E-state index contributed by atoms with van der Waals surface area (Å²) in [6, 6.07) is 4.19. The van der Waals surface area contributed by atoms with Crippen LogP contribution < -0.4 is 10.6 Å². The molecular formula is C23H40N2O5. The van der Waals surface area contributed by atoms with Crippen molar-refractivity contribution < 1.29 is 24.8 Å². The van der Waals surface area contributed by atoms with Crippen molar-refractivity contribution in [2.24, 2.45) is 0 Å². The fourth-order valence-electron chi connectivity index (χ4n) is 4.37. The van der Waals surface area contributed by atoms with E-state index in [2.05, 4.69) is 38.7 Å². The number of hydrogen-bond acceptors (Lipinski definition) is 7. The molecule has 30 heavy (non-hydrogen) atoms. The van der Waals surface area contributed by atoms with Gasteiger partial charge in [-0.3, -0.25) is 0 Å². The van der Waals surface area contributed by atoms with Crippen molar-refractivity contribution in [3.63, 3.8) is 0 Å². The van der Waals surface area contributed by atoms with Gasteiger partial charge in [0.1, 0.15) is 0 Å². The number of anilines is 2. The maximum absolute atomic E-state index is 10.0. The zero-order chi connectivity index (χ0) is 22.3. The molecule has 0 amide bonds. The van der Waals surface area contributed by atoms with Crippen molar-refractivity contribution >= 4 is 11.4 Å². The summed E-state index contributed by atoms with van der Waals surface area (Å²) in [4.78, 5) is 2.34. The Labute approximate surface area is 180 Å². The van der Waals surface area contributed by atoms with Crippen LogP contribution in [0.4, 0.5) is 11.4 Å². The third-order valence-electron chi connectivity index (χ3n) is 5.94. The number of nitrogens with two attached hydrogens (primary N) is 1. The molecule has 0 fully saturated rings. The molecule has 7 heteroatoms. The summed E-state index contributed by atoms with van der Waals surface area (Å²) in [5.41, 5.74) is 10.2. The fraction of sp³-hybridized carbons (Fsp3) is 0.739. The maximum Gasteiger partial charge on any atom is 0.0773 e. The predicted octanol–water partition coefficient (Wildman–Crippen LogP) is 2.23. The lowest BCUT2D eigenvalue weighted by Gasteiger charge is -2.49. The van der Waals surface area contributed by atoms with Gasteiger partial charge in [-0.1, -0.05) is 13.8 Å². The molecule has 1 aliphatic heterocycles. The number of nitrogen functional groups attached to an aromatic ring is 1. The SMILES string of the molecule is CC(C)c1cc2c(cc1N)C(CO)CC(C)(C)N2CC(CCO)OCCOCCO. The summed E-state index contributed by atoms with van der Waals surface area (Å²) >= 11 is 0. The number of fused-ring (bicyclic) bond motifs is 1. The fourth-order valence-corrected chi connectivity index (χ4v) is 4.37. The van der Waals surface area contributed by atoms with Crippen LogP contribution in [0.1, 0.15) is 63.5 Å². The van der Waals surface area contributed by atoms with Crippen LogP contribution in [-0.4, -0.2) is 73.1 Å². The van der Waals surface area contributed by atoms with Crippen LogP contribution >= 0.6 is 0 Å². The lowest BCUT2D eigenvalue weighted by molar-refractivity contribution is -0.00936. The average Bonchev–Trinajstić information content (AvgIpc) is 2.69. The molecule has 1 aromatic rings. The second-order valence-electron chi connectivity index (χ2n) is 9.04. The van der Waals surface area contributed by atoms with Crippen molar-refractivity contribution in [2.45, 2.75) is 64.0 Å². The lowest BCUT2D eigenvalue weighted by atomic mass is 9.78. The molecule has 172 valence electrons. The third kappa shape index (κ3) is 6.08. The van der Waals surface area contributed by atoms with E-state index < -0.39 is 0 Å². The van der Waals surface area contributed by atoms with E-state index in [1.54, 1.807) is 0 Å². The number of aliphatic hydroxyl groups excluding tert-OH is 3. The molecule has 0 saturated heterocycles. The zero-order valence-corrected chi connectivity index (χ0v) is 18.9. The third-order valence-corrected chi connectivity index (χ3v) is 5.94. The number of hydrogen-bond donors (Lipinski definition) is 4. The Bertz CT molecular complexity index is 665. The molecule has 0 radical (unpaired) electrons. The van der Waals surface area contributed by atoms with E-state index in [4.69, 9.17) is 20.3 Å². The molecule has 1 aromatic carbocycles. The quantitative estimate of drug-likeness (QED) is 0.301. The standard InChI is InChI=1S/C23H40N2O5/c1-16(2)19-12-22-20(11-21(19)24)17(15-28)13-23(3,4)25(22)14-18(5-6-26)30-10-9-29-8-7-27/h11-12,16-18,26-28H,5-10,13-15,24H2,1-4H3. The minimum atomic E-state index is -0.185. The largest absolute Gasteiger partial charge is 0.398 e. The van der Waals surface area contributed by atoms with E-state index >= 15 is 0 Å². The average molecular weight is 425 g/mol. The number of rotatable bonds is 12. The molecule has 0 saturated carbocycles. The van der Waals surface area contributed by atoms with E-state index in [1.807, 2.05) is 6.07 Å². The summed E-state index contributed by atoms with van der Waals surface area (Å²) in [5.74, 6) is 0.335. The first-order valence-corrected chi connectivity index (χ1v) is 11.0. The molecular weight excluding hydrogens is 384 g/mol. The number of benzene rings is 1. The van der Waals surface area contributed by atoms with Gasteiger partial charge in [-0.05, 0) is 55.9 Å². The number of aliphatic hydroxyl groups is 3. The monoisotopic (exact) mass is 424 g/mol. The predicted molar refractivity (Wildman–Crippen MR) is 120 cm³/mol. The van der Waals surface area contributed by atoms with E-state index in [9.17, 15) is 10.2 Å². The van der Waals surface area contributed by atoms with Gasteiger partial charge in [0, 0.05) is 36.0 Å². The molecule has 0 bridgehead atoms. The van der Waals surface area contributed by atoms with Gasteiger partial charge < -0.3 is 35.4 Å². The van der Waals surface area contributed by atoms with Crippen molar-refractivity contribution in [3.05, 3.63) is 23.3 Å². The van der Waals surface area contributed by atoms with E-state index in [1.165, 1.54) is 0 Å². The molecule has 5 N–H and O–H groups in total. The van der Waals surface area contributed by atoms with Gasteiger partial charge in [-0.25, -0.2) is 0 Å². The minimum absolute atomic E-state index is 0.00778. The zero-order valence-electron chi connectivity index (χ0n) is 18.9. The van der Waals surface area contributed by atoms with Crippen LogP contribution in [0.3, 0.4) is 0 Å². The first-order chi connectivity index (χ1) is 14.2. The van der Waals surface area contributed by atoms with Crippen molar-refractivity contribution in [2.75, 3.05) is 56.8 Å². The molecule has 7 nitrogen and oxygen atoms in total. The summed E-state index contributed by atoms with van der Waals surface area (Å²) in [7, 11) is 0. The highest BCUT2D eigenvalue weighted by Crippen LogP contribution is 2.46. The molecule has 2 rings (SSSR count). The normalized spacial score (nSPS) is 19.2. The Hall–Kier alpha value is -1.38. The topological polar surface area (TPSA) is 108 Å². The van der Waals surface area contributed by atoms with Gasteiger partial charge in [-0.15, -0.1) is 0 Å². The lowest BCUT2D eigenvalue weighted by Crippen LogP contribution is -2.52. The molecule has 1 heterocycles. The summed E-state index contributed by atoms with van der Waals surface area (Å²) in [6.45, 7) is 10.5. The highest BCUT2D eigenvalue weighted by molar-refractivity contribution is 5.68. The molecule has 0 aliphatic carbocycles. The van der Waals surface area contributed by atoms with Crippen LogP contribution in [0, 0.1) is 0 Å². The highest BCUT2D eigenvalue weighted by Gasteiger charge is 2.39. The van der Waals surface area contributed by atoms with E-state index in [0.717, 1.165) is 28.9 Å².